The van der Waals surface area contributed by atoms with Gasteiger partial charge in [0.25, 0.3) is 0 Å². The predicted octanol–water partition coefficient (Wildman–Crippen LogP) is 28.2. The molecule has 0 bridgehead atoms. The molecule has 4 heterocycles. The van der Waals surface area contributed by atoms with E-state index in [1.807, 2.05) is 97.1 Å². The van der Waals surface area contributed by atoms with Gasteiger partial charge in [0.1, 0.15) is 34.2 Å². The number of thiophene rings is 4. The number of benzene rings is 4. The summed E-state index contributed by atoms with van der Waals surface area (Å²) >= 11 is 6.88. The van der Waals surface area contributed by atoms with E-state index < -0.39 is 11.2 Å². The van der Waals surface area contributed by atoms with E-state index >= 15 is 0 Å². The van der Waals surface area contributed by atoms with Crippen LogP contribution in [0.15, 0.2) is 132 Å². The number of hydrogen-bond acceptors (Lipinski definition) is 10. The Bertz CT molecular complexity index is 2930. The van der Waals surface area contributed by atoms with Crippen LogP contribution in [0, 0.1) is 0 Å². The number of aliphatic hydroxyl groups is 2. The van der Waals surface area contributed by atoms with Gasteiger partial charge in [-0.15, -0.1) is 45.3 Å². The lowest BCUT2D eigenvalue weighted by molar-refractivity contribution is 0.126. The molecule has 536 valence electrons. The number of fused-ring (bicyclic) bond motifs is 1. The molecule has 4 aromatic carbocycles. The molecule has 0 spiro atoms. The van der Waals surface area contributed by atoms with Gasteiger partial charge in [0.05, 0.1) is 36.2 Å². The number of rotatable bonds is 56. The fourth-order valence-corrected chi connectivity index (χ4v) is 18.4. The minimum Gasteiger partial charge on any atom is -0.494 e. The van der Waals surface area contributed by atoms with Crippen LogP contribution in [0.1, 0.15) is 318 Å². The molecular formula is C88H124O6S4. The van der Waals surface area contributed by atoms with Crippen molar-refractivity contribution in [3.8, 4) is 42.5 Å². The minimum atomic E-state index is -1.47. The first-order valence-electron chi connectivity index (χ1n) is 39.4. The van der Waals surface area contributed by atoms with E-state index in [1.54, 1.807) is 45.3 Å². The van der Waals surface area contributed by atoms with E-state index in [4.69, 9.17) is 18.9 Å². The van der Waals surface area contributed by atoms with Crippen LogP contribution in [0.5, 0.6) is 23.0 Å². The summed E-state index contributed by atoms with van der Waals surface area (Å²) in [5.41, 5.74) is 1.94. The van der Waals surface area contributed by atoms with Crippen LogP contribution in [-0.2, 0) is 11.2 Å². The van der Waals surface area contributed by atoms with Crippen molar-refractivity contribution in [1.29, 1.82) is 0 Å². The Hall–Kier alpha value is -4.94. The van der Waals surface area contributed by atoms with Crippen molar-refractivity contribution in [2.45, 2.75) is 296 Å². The van der Waals surface area contributed by atoms with Crippen molar-refractivity contribution < 1.29 is 29.2 Å². The van der Waals surface area contributed by atoms with Crippen molar-refractivity contribution in [1.82, 2.24) is 0 Å². The Labute approximate surface area is 609 Å². The molecule has 2 N–H and O–H groups in total. The molecule has 0 aliphatic carbocycles. The van der Waals surface area contributed by atoms with Crippen LogP contribution in [0.3, 0.4) is 0 Å². The molecule has 0 saturated carbocycles. The summed E-state index contributed by atoms with van der Waals surface area (Å²) in [7, 11) is 0. The molecule has 6 nitrogen and oxygen atoms in total. The molecule has 10 heteroatoms. The monoisotopic (exact) mass is 1400 g/mol. The zero-order chi connectivity index (χ0) is 68.6. The Balaban J connectivity index is 0.982. The van der Waals surface area contributed by atoms with Crippen molar-refractivity contribution in [2.24, 2.45) is 0 Å². The summed E-state index contributed by atoms with van der Waals surface area (Å²) in [5.74, 6) is 3.30. The average Bonchev–Trinajstić information content (AvgIpc) is 1.49. The zero-order valence-electron chi connectivity index (χ0n) is 61.0. The molecule has 8 aromatic rings. The smallest absolute Gasteiger partial charge is 0.142 e. The Kier molecular flexibility index (Phi) is 36.8. The van der Waals surface area contributed by atoms with E-state index in [2.05, 4.69) is 62.7 Å². The number of hydrogen-bond donors (Lipinski definition) is 2. The van der Waals surface area contributed by atoms with Gasteiger partial charge in [-0.25, -0.2) is 0 Å². The van der Waals surface area contributed by atoms with Crippen molar-refractivity contribution in [3.05, 3.63) is 165 Å². The lowest BCUT2D eigenvalue weighted by Crippen LogP contribution is -2.29. The van der Waals surface area contributed by atoms with Gasteiger partial charge < -0.3 is 29.2 Å². The maximum atomic E-state index is 13.6. The van der Waals surface area contributed by atoms with Gasteiger partial charge in [0, 0.05) is 30.3 Å². The normalized spacial score (nSPS) is 11.9. The van der Waals surface area contributed by atoms with Gasteiger partial charge in [0.2, 0.25) is 0 Å². The van der Waals surface area contributed by atoms with Gasteiger partial charge in [-0.3, -0.25) is 0 Å². The molecule has 0 fully saturated rings. The first kappa shape index (κ1) is 78.8. The van der Waals surface area contributed by atoms with Crippen LogP contribution < -0.4 is 18.9 Å². The standard InChI is InChI=1S/C88H124O6S4/c1-5-9-13-17-21-25-29-33-37-41-63-91-75-53-45-71(46-54-75)87(89,72-47-55-76(56-48-72)92-64-42-38-34-30-26-22-18-14-10-6-2)79-61-67-95-85(79)83-69-81-82(97-83)70-84(98-81)86-80(62-68-96-86)88(90,73-49-57-77(58-50-73)93-65-43-39-35-31-27-23-19-15-11-7-3)74-51-59-78(60-52-74)94-66-44-40-36-32-28-24-20-16-12-8-4/h45-62,67-70,89-90H,5-44,63-66H2,1-4H3. The molecule has 4 aromatic heterocycles. The highest BCUT2D eigenvalue weighted by atomic mass is 32.1. The van der Waals surface area contributed by atoms with Crippen LogP contribution in [-0.4, -0.2) is 36.6 Å². The van der Waals surface area contributed by atoms with E-state index in [1.165, 1.54) is 241 Å². The van der Waals surface area contributed by atoms with Crippen molar-refractivity contribution in [2.75, 3.05) is 26.4 Å². The first-order chi connectivity index (χ1) is 48.3. The maximum absolute atomic E-state index is 13.6. The van der Waals surface area contributed by atoms with Crippen LogP contribution in [0.2, 0.25) is 0 Å². The average molecular weight is 1410 g/mol. The second-order valence-electron chi connectivity index (χ2n) is 27.9. The quantitative estimate of drug-likeness (QED) is 0.0370. The molecule has 0 aliphatic heterocycles. The SMILES string of the molecule is CCCCCCCCCCCCOc1ccc(C(O)(c2ccc(OCCCCCCCCCCCC)cc2)c2ccsc2-c2cc3sc(-c4sccc4C(O)(c4ccc(OCCCCCCCCCCCC)cc4)c4ccc(OCCCCCCCCCCCC)cc4)cc3s2)cc1. The Morgan fingerprint density at radius 2 is 0.469 bits per heavy atom. The highest BCUT2D eigenvalue weighted by molar-refractivity contribution is 7.33. The summed E-state index contributed by atoms with van der Waals surface area (Å²) in [6.45, 7) is 11.9. The molecular weight excluding hydrogens is 1280 g/mol. The van der Waals surface area contributed by atoms with Gasteiger partial charge in [-0.2, -0.15) is 0 Å². The van der Waals surface area contributed by atoms with Crippen molar-refractivity contribution in [3.63, 3.8) is 0 Å². The third-order valence-corrected chi connectivity index (χ3v) is 24.4. The molecule has 0 aliphatic rings. The molecule has 0 saturated heterocycles. The summed E-state index contributed by atoms with van der Waals surface area (Å²) in [6.07, 6.45) is 51.5. The second kappa shape index (κ2) is 45.8. The Morgan fingerprint density at radius 1 is 0.265 bits per heavy atom. The minimum absolute atomic E-state index is 0.688. The van der Waals surface area contributed by atoms with Crippen molar-refractivity contribution >= 4 is 54.7 Å². The first-order valence-corrected chi connectivity index (χ1v) is 42.8. The summed E-state index contributed by atoms with van der Waals surface area (Å²) in [5, 5.41) is 31.5. The highest BCUT2D eigenvalue weighted by Gasteiger charge is 2.39. The van der Waals surface area contributed by atoms with Gasteiger partial charge in [0.15, 0.2) is 0 Å². The van der Waals surface area contributed by atoms with Crippen LogP contribution in [0.25, 0.3) is 28.9 Å². The van der Waals surface area contributed by atoms with E-state index in [-0.39, 0.29) is 0 Å². The lowest BCUT2D eigenvalue weighted by atomic mass is 9.80. The van der Waals surface area contributed by atoms with Crippen LogP contribution in [0.4, 0.5) is 0 Å². The molecule has 98 heavy (non-hydrogen) atoms. The van der Waals surface area contributed by atoms with E-state index in [0.29, 0.717) is 26.4 Å². The highest BCUT2D eigenvalue weighted by Crippen LogP contribution is 2.52. The number of unbranched alkanes of at least 4 members (excludes halogenated alkanes) is 36. The van der Waals surface area contributed by atoms with Gasteiger partial charge in [-0.1, -0.05) is 307 Å². The number of ether oxygens (including phenoxy) is 4. The predicted molar refractivity (Wildman–Crippen MR) is 426 cm³/mol. The third kappa shape index (κ3) is 25.2. The Morgan fingerprint density at radius 3 is 0.684 bits per heavy atom. The fourth-order valence-electron chi connectivity index (χ4n) is 13.9. The summed E-state index contributed by atoms with van der Waals surface area (Å²) < 4.78 is 27.7. The zero-order valence-corrected chi connectivity index (χ0v) is 64.2. The lowest BCUT2D eigenvalue weighted by Gasteiger charge is -2.30. The molecule has 0 unspecified atom stereocenters. The summed E-state index contributed by atoms with van der Waals surface area (Å²) in [4.78, 5) is 4.32. The molecule has 8 rings (SSSR count). The summed E-state index contributed by atoms with van der Waals surface area (Å²) in [6, 6.07) is 41.5. The molecule has 0 atom stereocenters. The van der Waals surface area contributed by atoms with Gasteiger partial charge >= 0.3 is 0 Å². The second-order valence-corrected chi connectivity index (χ2v) is 31.9. The van der Waals surface area contributed by atoms with E-state index in [0.717, 1.165) is 102 Å². The van der Waals surface area contributed by atoms with Gasteiger partial charge in [-0.05, 0) is 131 Å². The topological polar surface area (TPSA) is 77.4 Å². The molecule has 0 radical (unpaired) electrons. The maximum Gasteiger partial charge on any atom is 0.142 e. The largest absolute Gasteiger partial charge is 0.494 e. The fraction of sp³-hybridized carbons (Fsp3) is 0.568. The molecule has 0 amide bonds. The third-order valence-electron chi connectivity index (χ3n) is 19.9. The van der Waals surface area contributed by atoms with Crippen LogP contribution >= 0.6 is 45.3 Å². The van der Waals surface area contributed by atoms with E-state index in [9.17, 15) is 10.2 Å².